The van der Waals surface area contributed by atoms with Gasteiger partial charge in [-0.1, -0.05) is 10.3 Å². The van der Waals surface area contributed by atoms with Gasteiger partial charge < -0.3 is 10.4 Å². The Kier molecular flexibility index (Phi) is 5.06. The average molecular weight is 185 g/mol. The van der Waals surface area contributed by atoms with E-state index in [1.807, 2.05) is 0 Å². The number of hydrogen-bond acceptors (Lipinski definition) is 4. The first-order chi connectivity index (χ1) is 4.79. The van der Waals surface area contributed by atoms with E-state index >= 15 is 0 Å². The van der Waals surface area contributed by atoms with Crippen LogP contribution in [0, 0.1) is 0 Å². The molecule has 0 aromatic heterocycles. The van der Waals surface area contributed by atoms with Gasteiger partial charge in [0.05, 0.1) is 11.8 Å². The lowest BCUT2D eigenvalue weighted by atomic mass is 10.3. The molecule has 0 spiro atoms. The van der Waals surface area contributed by atoms with E-state index < -0.39 is 0 Å². The molecule has 0 aliphatic carbocycles. The Labute approximate surface area is 67.7 Å². The first kappa shape index (κ1) is 9.52. The van der Waals surface area contributed by atoms with Crippen molar-refractivity contribution in [3.05, 3.63) is 0 Å². The van der Waals surface area contributed by atoms with Gasteiger partial charge in [0.1, 0.15) is 11.4 Å². The van der Waals surface area contributed by atoms with Gasteiger partial charge in [0.15, 0.2) is 0 Å². The zero-order chi connectivity index (χ0) is 7.98. The van der Waals surface area contributed by atoms with E-state index in [0.717, 1.165) is 0 Å². The van der Waals surface area contributed by atoms with E-state index in [2.05, 4.69) is 10.3 Å². The van der Waals surface area contributed by atoms with Crippen LogP contribution in [0.15, 0.2) is 10.3 Å². The Bertz CT molecular complexity index is 139. The van der Waals surface area contributed by atoms with Gasteiger partial charge in [0, 0.05) is 0 Å². The highest BCUT2D eigenvalue weighted by Crippen LogP contribution is 1.91. The van der Waals surface area contributed by atoms with Crippen LogP contribution in [-0.4, -0.2) is 33.6 Å². The Morgan fingerprint density at radius 2 is 1.30 bits per heavy atom. The topological polar surface area (TPSA) is 65.2 Å². The summed E-state index contributed by atoms with van der Waals surface area (Å²) < 4.78 is 0. The summed E-state index contributed by atoms with van der Waals surface area (Å²) in [6, 6.07) is 0. The molecule has 0 amide bonds. The molecule has 0 radical (unpaired) electrons. The molecule has 6 heteroatoms. The van der Waals surface area contributed by atoms with Gasteiger partial charge in [-0.25, -0.2) is 0 Å². The SMILES string of the molecule is ON=C(CCl)C(CCl)=NO. The highest BCUT2D eigenvalue weighted by molar-refractivity contribution is 6.56. The third kappa shape index (κ3) is 2.41. The molecule has 10 heavy (non-hydrogen) atoms. The number of nitrogens with zero attached hydrogens (tertiary/aromatic N) is 2. The molecule has 0 bridgehead atoms. The fraction of sp³-hybridized carbons (Fsp3) is 0.500. The molecule has 0 atom stereocenters. The van der Waals surface area contributed by atoms with Gasteiger partial charge in [-0.15, -0.1) is 23.2 Å². The maximum absolute atomic E-state index is 8.21. The molecule has 0 aromatic carbocycles. The molecular formula is C4H6Cl2N2O2. The number of oxime groups is 2. The summed E-state index contributed by atoms with van der Waals surface area (Å²) in [6.07, 6.45) is 0. The first-order valence-corrected chi connectivity index (χ1v) is 3.41. The van der Waals surface area contributed by atoms with E-state index in [1.54, 1.807) is 0 Å². The minimum atomic E-state index is -0.0391. The predicted molar refractivity (Wildman–Crippen MR) is 39.9 cm³/mol. The summed E-state index contributed by atoms with van der Waals surface area (Å²) in [5.41, 5.74) is 0.137. The van der Waals surface area contributed by atoms with Crippen LogP contribution in [0.4, 0.5) is 0 Å². The summed E-state index contributed by atoms with van der Waals surface area (Å²) in [4.78, 5) is 0. The third-order valence-electron chi connectivity index (χ3n) is 0.828. The van der Waals surface area contributed by atoms with Crippen molar-refractivity contribution in [3.63, 3.8) is 0 Å². The molecule has 0 heterocycles. The van der Waals surface area contributed by atoms with Gasteiger partial charge in [-0.05, 0) is 0 Å². The largest absolute Gasteiger partial charge is 0.411 e. The van der Waals surface area contributed by atoms with Crippen LogP contribution in [0.3, 0.4) is 0 Å². The molecule has 0 unspecified atom stereocenters. The maximum Gasteiger partial charge on any atom is 0.120 e. The van der Waals surface area contributed by atoms with Crippen LogP contribution in [0.5, 0.6) is 0 Å². The van der Waals surface area contributed by atoms with Gasteiger partial charge in [-0.3, -0.25) is 0 Å². The van der Waals surface area contributed by atoms with Crippen molar-refractivity contribution >= 4 is 34.6 Å². The van der Waals surface area contributed by atoms with Gasteiger partial charge in [0.25, 0.3) is 0 Å². The zero-order valence-electron chi connectivity index (χ0n) is 4.96. The fourth-order valence-electron chi connectivity index (χ4n) is 0.323. The molecule has 0 saturated heterocycles. The summed E-state index contributed by atoms with van der Waals surface area (Å²) in [5.74, 6) is -0.0781. The van der Waals surface area contributed by atoms with E-state index in [1.165, 1.54) is 0 Å². The minimum Gasteiger partial charge on any atom is -0.411 e. The molecule has 2 N–H and O–H groups in total. The van der Waals surface area contributed by atoms with Crippen molar-refractivity contribution in [2.24, 2.45) is 10.3 Å². The summed E-state index contributed by atoms with van der Waals surface area (Å²) in [5, 5.41) is 21.9. The number of rotatable bonds is 3. The molecule has 0 rings (SSSR count). The quantitative estimate of drug-likeness (QED) is 0.299. The molecule has 0 fully saturated rings. The van der Waals surface area contributed by atoms with E-state index in [4.69, 9.17) is 33.6 Å². The van der Waals surface area contributed by atoms with Gasteiger partial charge in [0.2, 0.25) is 0 Å². The van der Waals surface area contributed by atoms with Crippen LogP contribution in [0.25, 0.3) is 0 Å². The molecule has 0 aromatic rings. The van der Waals surface area contributed by atoms with E-state index in [-0.39, 0.29) is 23.2 Å². The van der Waals surface area contributed by atoms with Crippen molar-refractivity contribution in [2.45, 2.75) is 0 Å². The highest BCUT2D eigenvalue weighted by Gasteiger charge is 2.06. The minimum absolute atomic E-state index is 0.0391. The van der Waals surface area contributed by atoms with Crippen LogP contribution < -0.4 is 0 Å². The van der Waals surface area contributed by atoms with Crippen LogP contribution in [0.1, 0.15) is 0 Å². The zero-order valence-corrected chi connectivity index (χ0v) is 6.47. The summed E-state index contributed by atoms with van der Waals surface area (Å²) >= 11 is 10.6. The van der Waals surface area contributed by atoms with Crippen molar-refractivity contribution in [1.29, 1.82) is 0 Å². The van der Waals surface area contributed by atoms with Crippen LogP contribution >= 0.6 is 23.2 Å². The standard InChI is InChI=1S/C4H6Cl2N2O2/c5-1-3(7-9)4(2-6)8-10/h9-10H,1-2H2. The Balaban J connectivity index is 4.27. The lowest BCUT2D eigenvalue weighted by Crippen LogP contribution is -2.17. The lowest BCUT2D eigenvalue weighted by molar-refractivity contribution is 0.314. The highest BCUT2D eigenvalue weighted by atomic mass is 35.5. The molecule has 0 aliphatic rings. The normalized spacial score (nSPS) is 13.8. The van der Waals surface area contributed by atoms with Gasteiger partial charge >= 0.3 is 0 Å². The van der Waals surface area contributed by atoms with Crippen LogP contribution in [-0.2, 0) is 0 Å². The number of hydrogen-bond donors (Lipinski definition) is 2. The van der Waals surface area contributed by atoms with Crippen molar-refractivity contribution < 1.29 is 10.4 Å². The second-order valence-corrected chi connectivity index (χ2v) is 1.90. The first-order valence-electron chi connectivity index (χ1n) is 2.34. The molecular weight excluding hydrogens is 179 g/mol. The van der Waals surface area contributed by atoms with E-state index in [0.29, 0.717) is 0 Å². The Hall–Kier alpha value is -0.480. The van der Waals surface area contributed by atoms with Crippen LogP contribution in [0.2, 0.25) is 0 Å². The molecule has 0 aliphatic heterocycles. The smallest absolute Gasteiger partial charge is 0.120 e. The Morgan fingerprint density at radius 1 is 1.00 bits per heavy atom. The van der Waals surface area contributed by atoms with Crippen molar-refractivity contribution in [2.75, 3.05) is 11.8 Å². The lowest BCUT2D eigenvalue weighted by Gasteiger charge is -1.96. The average Bonchev–Trinajstić information content (AvgIpc) is 2.00. The third-order valence-corrected chi connectivity index (χ3v) is 1.33. The maximum atomic E-state index is 8.21. The number of alkyl halides is 2. The van der Waals surface area contributed by atoms with E-state index in [9.17, 15) is 0 Å². The molecule has 4 nitrogen and oxygen atoms in total. The second-order valence-electron chi connectivity index (χ2n) is 1.36. The monoisotopic (exact) mass is 184 g/mol. The fourth-order valence-corrected chi connectivity index (χ4v) is 0.739. The predicted octanol–water partition coefficient (Wildman–Crippen LogP) is 1.12. The van der Waals surface area contributed by atoms with Crippen molar-refractivity contribution in [3.8, 4) is 0 Å². The summed E-state index contributed by atoms with van der Waals surface area (Å²) in [6.45, 7) is 0. The van der Waals surface area contributed by atoms with Crippen molar-refractivity contribution in [1.82, 2.24) is 0 Å². The number of halogens is 2. The molecule has 58 valence electrons. The second kappa shape index (κ2) is 5.32. The summed E-state index contributed by atoms with van der Waals surface area (Å²) in [7, 11) is 0. The van der Waals surface area contributed by atoms with Gasteiger partial charge in [-0.2, -0.15) is 0 Å². The Morgan fingerprint density at radius 3 is 1.40 bits per heavy atom. The molecule has 0 saturated carbocycles.